The summed E-state index contributed by atoms with van der Waals surface area (Å²) >= 11 is 0. The Balaban J connectivity index is 1.49. The van der Waals surface area contributed by atoms with Crippen molar-refractivity contribution in [3.63, 3.8) is 0 Å². The highest BCUT2D eigenvalue weighted by Gasteiger charge is 2.27. The number of carbonyl (C=O) groups is 1. The maximum atomic E-state index is 13.4. The van der Waals surface area contributed by atoms with E-state index in [1.807, 2.05) is 35.2 Å². The van der Waals surface area contributed by atoms with E-state index >= 15 is 0 Å². The van der Waals surface area contributed by atoms with Gasteiger partial charge in [0.1, 0.15) is 11.6 Å². The van der Waals surface area contributed by atoms with Gasteiger partial charge in [0.05, 0.1) is 18.5 Å². The number of anilines is 2. The smallest absolute Gasteiger partial charge is 0.227 e. The third-order valence-electron chi connectivity index (χ3n) is 4.47. The van der Waals surface area contributed by atoms with Crippen molar-refractivity contribution in [2.75, 3.05) is 11.9 Å². The largest absolute Gasteiger partial charge is 0.359 e. The molecule has 0 radical (unpaired) electrons. The average Bonchev–Trinajstić information content (AvgIpc) is 3.05. The number of carbonyl (C=O) groups excluding carboxylic acids is 1. The highest BCUT2D eigenvalue weighted by Crippen LogP contribution is 2.28. The van der Waals surface area contributed by atoms with Crippen molar-refractivity contribution < 1.29 is 13.7 Å². The van der Waals surface area contributed by atoms with Crippen LogP contribution in [0.25, 0.3) is 0 Å². The Bertz CT molecular complexity index is 924. The molecule has 3 aromatic rings. The van der Waals surface area contributed by atoms with Crippen LogP contribution in [-0.2, 0) is 24.2 Å². The van der Waals surface area contributed by atoms with E-state index in [0.717, 1.165) is 16.9 Å². The molecule has 5 nitrogen and oxygen atoms in total. The molecule has 1 aliphatic rings. The lowest BCUT2D eigenvalue weighted by molar-refractivity contribution is -0.131. The van der Waals surface area contributed by atoms with Crippen LogP contribution in [0.5, 0.6) is 0 Å². The van der Waals surface area contributed by atoms with Crippen LogP contribution in [0.4, 0.5) is 15.9 Å². The molecule has 0 aliphatic carbocycles. The molecular weight excluding hydrogens is 333 g/mol. The van der Waals surface area contributed by atoms with E-state index in [-0.39, 0.29) is 11.7 Å². The van der Waals surface area contributed by atoms with Crippen molar-refractivity contribution in [3.8, 4) is 0 Å². The van der Waals surface area contributed by atoms with Crippen LogP contribution in [0.2, 0.25) is 0 Å². The zero-order chi connectivity index (χ0) is 17.9. The molecule has 4 rings (SSSR count). The number of hydrogen-bond donors (Lipinski definition) is 1. The van der Waals surface area contributed by atoms with Gasteiger partial charge in [0.25, 0.3) is 0 Å². The molecule has 0 spiro atoms. The summed E-state index contributed by atoms with van der Waals surface area (Å²) in [5.41, 5.74) is 2.43. The Morgan fingerprint density at radius 1 is 1.19 bits per heavy atom. The van der Waals surface area contributed by atoms with E-state index in [0.29, 0.717) is 37.4 Å². The van der Waals surface area contributed by atoms with Crippen molar-refractivity contribution in [1.82, 2.24) is 10.1 Å². The van der Waals surface area contributed by atoms with Gasteiger partial charge in [-0.05, 0) is 23.8 Å². The van der Waals surface area contributed by atoms with Crippen LogP contribution in [0.15, 0.2) is 59.1 Å². The summed E-state index contributed by atoms with van der Waals surface area (Å²) in [6, 6.07) is 15.8. The predicted octanol–water partition coefficient (Wildman–Crippen LogP) is 3.68. The van der Waals surface area contributed by atoms with E-state index < -0.39 is 0 Å². The van der Waals surface area contributed by atoms with Crippen LogP contribution >= 0.6 is 0 Å². The minimum atomic E-state index is -0.327. The van der Waals surface area contributed by atoms with E-state index in [4.69, 9.17) is 4.52 Å². The number of halogens is 1. The first-order valence-corrected chi connectivity index (χ1v) is 8.51. The minimum absolute atomic E-state index is 0.0692. The minimum Gasteiger partial charge on any atom is -0.359 e. The van der Waals surface area contributed by atoms with Crippen LogP contribution in [-0.4, -0.2) is 22.5 Å². The number of fused-ring (bicyclic) bond motifs is 1. The summed E-state index contributed by atoms with van der Waals surface area (Å²) in [6.45, 7) is 1.04. The second-order valence-corrected chi connectivity index (χ2v) is 6.30. The normalized spacial score (nSPS) is 13.3. The number of aromatic nitrogens is 1. The Morgan fingerprint density at radius 3 is 2.85 bits per heavy atom. The highest BCUT2D eigenvalue weighted by atomic mass is 19.1. The first-order valence-electron chi connectivity index (χ1n) is 8.51. The number of rotatable bonds is 4. The van der Waals surface area contributed by atoms with Crippen LogP contribution in [0.3, 0.4) is 0 Å². The average molecular weight is 351 g/mol. The zero-order valence-electron chi connectivity index (χ0n) is 14.1. The number of nitrogens with one attached hydrogen (secondary N) is 1. The monoisotopic (exact) mass is 351 g/mol. The standard InChI is InChI=1S/C20H18FN3O2/c21-15-7-4-8-16(12-15)22-20-17-13-24(10-9-18(17)26-23-20)19(25)11-14-5-2-1-3-6-14/h1-8,12H,9-11,13H2,(H,22,23). The summed E-state index contributed by atoms with van der Waals surface area (Å²) < 4.78 is 18.8. The maximum absolute atomic E-state index is 13.4. The molecule has 0 saturated carbocycles. The van der Waals surface area contributed by atoms with E-state index in [9.17, 15) is 9.18 Å². The number of hydrogen-bond acceptors (Lipinski definition) is 4. The molecule has 0 fully saturated rings. The van der Waals surface area contributed by atoms with Gasteiger partial charge in [-0.1, -0.05) is 41.6 Å². The van der Waals surface area contributed by atoms with Gasteiger partial charge in [0, 0.05) is 18.7 Å². The third-order valence-corrected chi connectivity index (χ3v) is 4.47. The third kappa shape index (κ3) is 3.44. The van der Waals surface area contributed by atoms with Gasteiger partial charge in [0.15, 0.2) is 5.82 Å². The molecule has 6 heteroatoms. The molecule has 0 atom stereocenters. The number of nitrogens with zero attached hydrogens (tertiary/aromatic N) is 2. The molecule has 132 valence electrons. The molecule has 2 aromatic carbocycles. The molecule has 1 aliphatic heterocycles. The van der Waals surface area contributed by atoms with Gasteiger partial charge in [-0.15, -0.1) is 0 Å². The summed E-state index contributed by atoms with van der Waals surface area (Å²) in [7, 11) is 0. The molecule has 2 heterocycles. The quantitative estimate of drug-likeness (QED) is 0.779. The lowest BCUT2D eigenvalue weighted by Gasteiger charge is -2.26. The Morgan fingerprint density at radius 2 is 2.04 bits per heavy atom. The van der Waals surface area contributed by atoms with E-state index in [1.54, 1.807) is 12.1 Å². The van der Waals surface area contributed by atoms with Crippen molar-refractivity contribution in [2.45, 2.75) is 19.4 Å². The summed E-state index contributed by atoms with van der Waals surface area (Å²) in [6.07, 6.45) is 0.988. The van der Waals surface area contributed by atoms with Gasteiger partial charge in [-0.3, -0.25) is 4.79 Å². The molecule has 0 saturated heterocycles. The highest BCUT2D eigenvalue weighted by molar-refractivity contribution is 5.79. The summed E-state index contributed by atoms with van der Waals surface area (Å²) in [5, 5.41) is 7.13. The second-order valence-electron chi connectivity index (χ2n) is 6.30. The number of benzene rings is 2. The fraction of sp³-hybridized carbons (Fsp3) is 0.200. The van der Waals surface area contributed by atoms with Gasteiger partial charge in [0.2, 0.25) is 5.91 Å². The summed E-state index contributed by atoms with van der Waals surface area (Å²) in [5.74, 6) is 1.04. The maximum Gasteiger partial charge on any atom is 0.227 e. The second kappa shape index (κ2) is 7.00. The first kappa shape index (κ1) is 16.3. The van der Waals surface area contributed by atoms with Crippen molar-refractivity contribution in [2.24, 2.45) is 0 Å². The van der Waals surface area contributed by atoms with Gasteiger partial charge in [-0.2, -0.15) is 0 Å². The molecule has 1 aromatic heterocycles. The predicted molar refractivity (Wildman–Crippen MR) is 95.5 cm³/mol. The Hall–Kier alpha value is -3.15. The van der Waals surface area contributed by atoms with Crippen LogP contribution in [0.1, 0.15) is 16.9 Å². The fourth-order valence-electron chi connectivity index (χ4n) is 3.11. The number of amides is 1. The van der Waals surface area contributed by atoms with Crippen molar-refractivity contribution in [3.05, 3.63) is 77.3 Å². The molecule has 1 N–H and O–H groups in total. The molecule has 26 heavy (non-hydrogen) atoms. The lowest BCUT2D eigenvalue weighted by atomic mass is 10.1. The molecule has 0 bridgehead atoms. The van der Waals surface area contributed by atoms with E-state index in [1.165, 1.54) is 12.1 Å². The van der Waals surface area contributed by atoms with Crippen LogP contribution < -0.4 is 5.32 Å². The van der Waals surface area contributed by atoms with Crippen molar-refractivity contribution >= 4 is 17.4 Å². The Kier molecular flexibility index (Phi) is 4.39. The van der Waals surface area contributed by atoms with Gasteiger partial charge >= 0.3 is 0 Å². The summed E-state index contributed by atoms with van der Waals surface area (Å²) in [4.78, 5) is 14.4. The zero-order valence-corrected chi connectivity index (χ0v) is 14.1. The Labute approximate surface area is 150 Å². The SMILES string of the molecule is O=C(Cc1ccccc1)N1CCc2onc(Nc3cccc(F)c3)c2C1. The molecule has 0 unspecified atom stereocenters. The van der Waals surface area contributed by atoms with Crippen molar-refractivity contribution in [1.29, 1.82) is 0 Å². The topological polar surface area (TPSA) is 58.4 Å². The lowest BCUT2D eigenvalue weighted by Crippen LogP contribution is -2.36. The van der Waals surface area contributed by atoms with Gasteiger partial charge in [-0.25, -0.2) is 4.39 Å². The first-order chi connectivity index (χ1) is 12.7. The van der Waals surface area contributed by atoms with Gasteiger partial charge < -0.3 is 14.7 Å². The fourth-order valence-corrected chi connectivity index (χ4v) is 3.11. The molecule has 1 amide bonds. The molecular formula is C20H18FN3O2. The van der Waals surface area contributed by atoms with E-state index in [2.05, 4.69) is 10.5 Å². The van der Waals surface area contributed by atoms with Crippen LogP contribution in [0, 0.1) is 5.82 Å².